The van der Waals surface area contributed by atoms with Crippen molar-refractivity contribution in [1.82, 2.24) is 4.90 Å². The second kappa shape index (κ2) is 8.40. The molecule has 0 atom stereocenters. The van der Waals surface area contributed by atoms with Crippen molar-refractivity contribution in [2.24, 2.45) is 0 Å². The minimum absolute atomic E-state index is 0.209. The van der Waals surface area contributed by atoms with Gasteiger partial charge in [0.2, 0.25) is 0 Å². The Bertz CT molecular complexity index is 915. The van der Waals surface area contributed by atoms with E-state index in [4.69, 9.17) is 27.9 Å². The molecule has 0 fully saturated rings. The zero-order valence-corrected chi connectivity index (χ0v) is 16.9. The molecule has 0 aliphatic rings. The third-order valence-corrected chi connectivity index (χ3v) is 6.59. The van der Waals surface area contributed by atoms with Crippen molar-refractivity contribution < 1.29 is 18.1 Å². The molecule has 0 unspecified atom stereocenters. The Balaban J connectivity index is 2.21. The van der Waals surface area contributed by atoms with Crippen LogP contribution < -0.4 is 9.46 Å². The summed E-state index contributed by atoms with van der Waals surface area (Å²) in [5.74, 6) is 0.323. The first-order valence-corrected chi connectivity index (χ1v) is 10.2. The summed E-state index contributed by atoms with van der Waals surface area (Å²) < 4.78 is 32.3. The molecule has 0 radical (unpaired) electrons. The predicted molar refractivity (Wildman–Crippen MR) is 102 cm³/mol. The van der Waals surface area contributed by atoms with Gasteiger partial charge in [0.1, 0.15) is 16.6 Å². The van der Waals surface area contributed by atoms with E-state index in [0.717, 1.165) is 6.07 Å². The highest BCUT2D eigenvalue weighted by Crippen LogP contribution is 2.37. The zero-order chi connectivity index (χ0) is 19.5. The van der Waals surface area contributed by atoms with Crippen LogP contribution in [0.4, 0.5) is 11.4 Å². The van der Waals surface area contributed by atoms with E-state index in [1.807, 2.05) is 19.0 Å². The monoisotopic (exact) mass is 439 g/mol. The number of benzene rings is 1. The molecular formula is C14H15Cl2N3O5S2. The molecule has 0 aliphatic heterocycles. The smallest absolute Gasteiger partial charge is 0.300 e. The molecule has 8 nitrogen and oxygen atoms in total. The first kappa shape index (κ1) is 20.7. The van der Waals surface area contributed by atoms with Crippen molar-refractivity contribution >= 4 is 55.9 Å². The Morgan fingerprint density at radius 3 is 2.58 bits per heavy atom. The molecule has 1 N–H and O–H groups in total. The molecule has 0 saturated heterocycles. The minimum atomic E-state index is -4.04. The summed E-state index contributed by atoms with van der Waals surface area (Å²) in [6.07, 6.45) is 0. The summed E-state index contributed by atoms with van der Waals surface area (Å²) in [5, 5.41) is 11.2. The van der Waals surface area contributed by atoms with Crippen molar-refractivity contribution in [3.05, 3.63) is 43.7 Å². The van der Waals surface area contributed by atoms with E-state index in [9.17, 15) is 18.5 Å². The number of ether oxygens (including phenoxy) is 1. The second-order valence-corrected chi connectivity index (χ2v) is 9.35. The highest BCUT2D eigenvalue weighted by atomic mass is 35.5. The van der Waals surface area contributed by atoms with Gasteiger partial charge in [-0.25, -0.2) is 8.42 Å². The van der Waals surface area contributed by atoms with Gasteiger partial charge in [-0.15, -0.1) is 11.3 Å². The number of nitrogens with zero attached hydrogens (tertiary/aromatic N) is 2. The van der Waals surface area contributed by atoms with Gasteiger partial charge in [-0.3, -0.25) is 14.8 Å². The summed E-state index contributed by atoms with van der Waals surface area (Å²) in [5.41, 5.74) is -0.248. The molecule has 1 heterocycles. The van der Waals surface area contributed by atoms with E-state index in [2.05, 4.69) is 4.72 Å². The zero-order valence-electron chi connectivity index (χ0n) is 13.7. The Hall–Kier alpha value is -1.59. The molecule has 1 aromatic heterocycles. The molecule has 26 heavy (non-hydrogen) atoms. The fourth-order valence-corrected chi connectivity index (χ4v) is 4.70. The number of thiophene rings is 1. The molecule has 2 rings (SSSR count). The summed E-state index contributed by atoms with van der Waals surface area (Å²) in [6, 6.07) is 5.31. The lowest BCUT2D eigenvalue weighted by Crippen LogP contribution is -2.19. The number of hydrogen-bond donors (Lipinski definition) is 1. The van der Waals surface area contributed by atoms with Gasteiger partial charge in [0.25, 0.3) is 15.7 Å². The maximum atomic E-state index is 12.4. The summed E-state index contributed by atoms with van der Waals surface area (Å²) in [6.45, 7) is 1.03. The summed E-state index contributed by atoms with van der Waals surface area (Å²) >= 11 is 12.4. The lowest BCUT2D eigenvalue weighted by atomic mass is 10.3. The summed E-state index contributed by atoms with van der Waals surface area (Å²) in [4.78, 5) is 12.0. The Kier molecular flexibility index (Phi) is 6.69. The van der Waals surface area contributed by atoms with Gasteiger partial charge in [0.05, 0.1) is 15.6 Å². The molecule has 0 saturated carbocycles. The first-order chi connectivity index (χ1) is 12.1. The van der Waals surface area contributed by atoms with Crippen LogP contribution in [0.1, 0.15) is 0 Å². The van der Waals surface area contributed by atoms with Crippen molar-refractivity contribution in [2.75, 3.05) is 32.0 Å². The lowest BCUT2D eigenvalue weighted by molar-refractivity contribution is -0.384. The van der Waals surface area contributed by atoms with Crippen LogP contribution in [-0.4, -0.2) is 45.5 Å². The van der Waals surface area contributed by atoms with Gasteiger partial charge in [0.15, 0.2) is 4.34 Å². The first-order valence-electron chi connectivity index (χ1n) is 7.14. The Morgan fingerprint density at radius 1 is 1.31 bits per heavy atom. The topological polar surface area (TPSA) is 102 Å². The van der Waals surface area contributed by atoms with Crippen LogP contribution >= 0.6 is 34.5 Å². The Morgan fingerprint density at radius 2 is 2.00 bits per heavy atom. The van der Waals surface area contributed by atoms with Gasteiger partial charge in [0, 0.05) is 18.7 Å². The van der Waals surface area contributed by atoms with Gasteiger partial charge in [-0.05, 0) is 26.2 Å². The molecule has 0 spiro atoms. The standard InChI is InChI=1S/C14H15Cl2N3O5S2/c1-18(2)5-6-24-12-7-9(3-4-10(12)15)17-26(22,23)13-8-11(19(20)21)14(16)25-13/h3-4,7-8,17H,5-6H2,1-2H3. The molecule has 0 bridgehead atoms. The van der Waals surface area contributed by atoms with Crippen LogP contribution in [0.2, 0.25) is 9.36 Å². The maximum Gasteiger partial charge on any atom is 0.300 e. The van der Waals surface area contributed by atoms with E-state index in [0.29, 0.717) is 35.3 Å². The summed E-state index contributed by atoms with van der Waals surface area (Å²) in [7, 11) is -0.260. The van der Waals surface area contributed by atoms with Gasteiger partial charge in [-0.1, -0.05) is 23.2 Å². The number of halogens is 2. The van der Waals surface area contributed by atoms with E-state index < -0.39 is 20.6 Å². The van der Waals surface area contributed by atoms with Crippen molar-refractivity contribution in [2.45, 2.75) is 4.21 Å². The van der Waals surface area contributed by atoms with E-state index >= 15 is 0 Å². The molecule has 142 valence electrons. The van der Waals surface area contributed by atoms with E-state index in [1.54, 1.807) is 0 Å². The van der Waals surface area contributed by atoms with E-state index in [1.165, 1.54) is 18.2 Å². The number of rotatable bonds is 8. The SMILES string of the molecule is CN(C)CCOc1cc(NS(=O)(=O)c2cc([N+](=O)[O-])c(Cl)s2)ccc1Cl. The highest BCUT2D eigenvalue weighted by Gasteiger charge is 2.25. The molecule has 12 heteroatoms. The number of nitro groups is 1. The quantitative estimate of drug-likeness (QED) is 0.496. The molecule has 1 aromatic carbocycles. The minimum Gasteiger partial charge on any atom is -0.491 e. The number of hydrogen-bond acceptors (Lipinski definition) is 7. The van der Waals surface area contributed by atoms with Gasteiger partial charge in [-0.2, -0.15) is 0 Å². The van der Waals surface area contributed by atoms with Crippen LogP contribution in [0.25, 0.3) is 0 Å². The average Bonchev–Trinajstić information content (AvgIpc) is 2.93. The van der Waals surface area contributed by atoms with Crippen LogP contribution in [0.3, 0.4) is 0 Å². The highest BCUT2D eigenvalue weighted by molar-refractivity contribution is 7.94. The van der Waals surface area contributed by atoms with Crippen LogP contribution in [0.5, 0.6) is 5.75 Å². The fraction of sp³-hybridized carbons (Fsp3) is 0.286. The number of sulfonamides is 1. The normalized spacial score (nSPS) is 11.6. The van der Waals surface area contributed by atoms with Crippen LogP contribution in [-0.2, 0) is 10.0 Å². The van der Waals surface area contributed by atoms with Gasteiger partial charge >= 0.3 is 0 Å². The predicted octanol–water partition coefficient (Wildman–Crippen LogP) is 3.70. The Labute approximate surface area is 164 Å². The van der Waals surface area contributed by atoms with Crippen LogP contribution in [0, 0.1) is 10.1 Å². The molecule has 0 amide bonds. The number of likely N-dealkylation sites (N-methyl/N-ethyl adjacent to an activating group) is 1. The van der Waals surface area contributed by atoms with Crippen molar-refractivity contribution in [3.8, 4) is 5.75 Å². The van der Waals surface area contributed by atoms with Gasteiger partial charge < -0.3 is 9.64 Å². The largest absolute Gasteiger partial charge is 0.491 e. The molecule has 2 aromatic rings. The number of nitrogens with one attached hydrogen (secondary N) is 1. The van der Waals surface area contributed by atoms with E-state index in [-0.39, 0.29) is 14.2 Å². The maximum absolute atomic E-state index is 12.4. The van der Waals surface area contributed by atoms with Crippen LogP contribution in [0.15, 0.2) is 28.5 Å². The fourth-order valence-electron chi connectivity index (χ4n) is 1.82. The third-order valence-electron chi connectivity index (χ3n) is 3.09. The van der Waals surface area contributed by atoms with Crippen molar-refractivity contribution in [1.29, 1.82) is 0 Å². The molecule has 0 aliphatic carbocycles. The number of anilines is 1. The lowest BCUT2D eigenvalue weighted by Gasteiger charge is -2.13. The molecular weight excluding hydrogens is 425 g/mol. The third kappa shape index (κ3) is 5.21. The second-order valence-electron chi connectivity index (χ2n) is 5.38. The average molecular weight is 440 g/mol. The van der Waals surface area contributed by atoms with Crippen molar-refractivity contribution in [3.63, 3.8) is 0 Å².